The lowest BCUT2D eigenvalue weighted by atomic mass is 10.0. The van der Waals surface area contributed by atoms with E-state index in [0.717, 1.165) is 25.0 Å². The molecule has 4 atom stereocenters. The molecule has 160 valence electrons. The number of aryl methyl sites for hydroxylation is 1. The number of methoxy groups -OCH3 is 1. The van der Waals surface area contributed by atoms with Gasteiger partial charge in [-0.3, -0.25) is 9.59 Å². The smallest absolute Gasteiger partial charge is 0.328 e. The lowest BCUT2D eigenvalue weighted by Gasteiger charge is -2.22. The van der Waals surface area contributed by atoms with Crippen molar-refractivity contribution in [2.24, 2.45) is 7.05 Å². The number of hydrogen-bond donors (Lipinski definition) is 1. The maximum atomic E-state index is 13.1. The van der Waals surface area contributed by atoms with Gasteiger partial charge >= 0.3 is 5.97 Å². The molecule has 1 amide bonds. The Bertz CT molecular complexity index is 1020. The Balaban J connectivity index is 1.58. The van der Waals surface area contributed by atoms with E-state index in [1.165, 1.54) is 34.9 Å². The van der Waals surface area contributed by atoms with Gasteiger partial charge in [-0.1, -0.05) is 11.6 Å². The van der Waals surface area contributed by atoms with E-state index in [2.05, 4.69) is 10.3 Å². The Labute approximate surface area is 173 Å². The summed E-state index contributed by atoms with van der Waals surface area (Å²) in [5, 5.41) is 18.6. The van der Waals surface area contributed by atoms with Gasteiger partial charge in [-0.2, -0.15) is 0 Å². The van der Waals surface area contributed by atoms with E-state index in [-0.39, 0.29) is 30.0 Å². The number of pyridine rings is 1. The van der Waals surface area contributed by atoms with Gasteiger partial charge in [-0.05, 0) is 18.9 Å². The van der Waals surface area contributed by atoms with Gasteiger partial charge in [-0.15, -0.1) is 5.10 Å². The fourth-order valence-electron chi connectivity index (χ4n) is 4.40. The number of carbonyl (C=O) groups excluding carboxylic acids is 2. The zero-order valence-electron chi connectivity index (χ0n) is 17.0. The third-order valence-corrected chi connectivity index (χ3v) is 6.11. The summed E-state index contributed by atoms with van der Waals surface area (Å²) in [6, 6.07) is 1.78. The topological polar surface area (TPSA) is 120 Å². The van der Waals surface area contributed by atoms with Crippen LogP contribution in [0.5, 0.6) is 0 Å². The number of ether oxygens (including phenoxy) is 1. The van der Waals surface area contributed by atoms with Crippen molar-refractivity contribution in [2.75, 3.05) is 13.7 Å². The summed E-state index contributed by atoms with van der Waals surface area (Å²) in [4.78, 5) is 38.6. The highest BCUT2D eigenvalue weighted by Gasteiger charge is 2.42. The first-order chi connectivity index (χ1) is 14.4. The van der Waals surface area contributed by atoms with E-state index in [1.807, 2.05) is 0 Å². The van der Waals surface area contributed by atoms with E-state index < -0.39 is 18.1 Å². The molecule has 1 saturated carbocycles. The molecule has 4 rings (SSSR count). The number of aromatic nitrogens is 4. The van der Waals surface area contributed by atoms with Crippen LogP contribution in [0.2, 0.25) is 0 Å². The Hall–Kier alpha value is -3.01. The molecule has 0 spiro atoms. The molecule has 2 fully saturated rings. The van der Waals surface area contributed by atoms with Crippen molar-refractivity contribution in [2.45, 2.75) is 49.8 Å². The average molecular weight is 415 g/mol. The minimum Gasteiger partial charge on any atom is -0.467 e. The predicted octanol–water partition coefficient (Wildman–Crippen LogP) is 0.234. The van der Waals surface area contributed by atoms with Crippen LogP contribution in [0, 0.1) is 0 Å². The zero-order chi connectivity index (χ0) is 21.4. The minimum atomic E-state index is -0.755. The highest BCUT2D eigenvalue weighted by Crippen LogP contribution is 2.35. The summed E-state index contributed by atoms with van der Waals surface area (Å²) in [7, 11) is 2.86. The highest BCUT2D eigenvalue weighted by molar-refractivity contribution is 5.97. The number of rotatable bonds is 4. The Kier molecular flexibility index (Phi) is 5.42. The molecule has 1 N–H and O–H groups in total. The average Bonchev–Trinajstić information content (AvgIpc) is 3.47. The minimum absolute atomic E-state index is 0.0279. The molecule has 0 radical (unpaired) electrons. The van der Waals surface area contributed by atoms with E-state index in [1.54, 1.807) is 17.9 Å². The third-order valence-electron chi connectivity index (χ3n) is 6.11. The second kappa shape index (κ2) is 8.02. The van der Waals surface area contributed by atoms with Crippen LogP contribution in [-0.2, 0) is 16.6 Å². The summed E-state index contributed by atoms with van der Waals surface area (Å²) in [5.74, 6) is -0.878. The van der Waals surface area contributed by atoms with Gasteiger partial charge in [-0.25, -0.2) is 9.48 Å². The molecule has 0 bridgehead atoms. The van der Waals surface area contributed by atoms with Gasteiger partial charge in [0, 0.05) is 44.4 Å². The number of carbonyl (C=O) groups is 2. The fraction of sp³-hybridized carbons (Fsp3) is 0.550. The van der Waals surface area contributed by atoms with Crippen molar-refractivity contribution in [3.8, 4) is 0 Å². The normalized spacial score (nSPS) is 26.2. The van der Waals surface area contributed by atoms with Crippen LogP contribution in [0.4, 0.5) is 0 Å². The zero-order valence-corrected chi connectivity index (χ0v) is 17.0. The van der Waals surface area contributed by atoms with Gasteiger partial charge in [0.15, 0.2) is 0 Å². The van der Waals surface area contributed by atoms with Crippen molar-refractivity contribution in [3.63, 3.8) is 0 Å². The molecule has 1 aliphatic heterocycles. The number of esters is 1. The number of amides is 1. The SMILES string of the molecule is COC(=O)[C@@H]1C[C@H](n2cc([C@@H]3CCC[C@H]3O)nn2)CN1C(=O)c1ccc(=O)n(C)c1. The second-order valence-corrected chi connectivity index (χ2v) is 7.98. The molecule has 2 aliphatic rings. The van der Waals surface area contributed by atoms with Crippen LogP contribution >= 0.6 is 0 Å². The molecule has 1 aliphatic carbocycles. The molecule has 10 heteroatoms. The standard InChI is InChI=1S/C20H25N5O5/c1-23-9-12(6-7-18(23)27)19(28)24-10-13(8-16(24)20(29)30-2)25-11-15(21-22-25)14-4-3-5-17(14)26/h6-7,9,11,13-14,16-17,26H,3-5,8,10H2,1-2H3/t13-,14-,16-,17+/m0/s1. The maximum Gasteiger partial charge on any atom is 0.328 e. The molecule has 0 unspecified atom stereocenters. The monoisotopic (exact) mass is 415 g/mol. The van der Waals surface area contributed by atoms with Crippen molar-refractivity contribution in [1.29, 1.82) is 0 Å². The van der Waals surface area contributed by atoms with Crippen molar-refractivity contribution in [1.82, 2.24) is 24.5 Å². The first-order valence-corrected chi connectivity index (χ1v) is 10.0. The first-order valence-electron chi connectivity index (χ1n) is 10.0. The Morgan fingerprint density at radius 3 is 2.70 bits per heavy atom. The van der Waals surface area contributed by atoms with Gasteiger partial charge < -0.3 is 19.3 Å². The molecule has 2 aromatic rings. The fourth-order valence-corrected chi connectivity index (χ4v) is 4.40. The molecule has 2 aromatic heterocycles. The Morgan fingerprint density at radius 1 is 1.23 bits per heavy atom. The van der Waals surface area contributed by atoms with Crippen molar-refractivity contribution < 1.29 is 19.4 Å². The summed E-state index contributed by atoms with van der Waals surface area (Å²) in [5.41, 5.74) is 0.831. The van der Waals surface area contributed by atoms with E-state index in [9.17, 15) is 19.5 Å². The van der Waals surface area contributed by atoms with Crippen LogP contribution < -0.4 is 5.56 Å². The maximum absolute atomic E-state index is 13.1. The number of aliphatic hydroxyl groups excluding tert-OH is 1. The van der Waals surface area contributed by atoms with Crippen molar-refractivity contribution in [3.05, 3.63) is 46.1 Å². The van der Waals surface area contributed by atoms with Gasteiger partial charge in [0.05, 0.1) is 30.5 Å². The van der Waals surface area contributed by atoms with E-state index in [0.29, 0.717) is 12.0 Å². The molecule has 0 aromatic carbocycles. The van der Waals surface area contributed by atoms with Gasteiger partial charge in [0.2, 0.25) is 5.56 Å². The number of nitrogens with zero attached hydrogens (tertiary/aromatic N) is 5. The summed E-state index contributed by atoms with van der Waals surface area (Å²) >= 11 is 0. The number of aliphatic hydroxyl groups is 1. The summed E-state index contributed by atoms with van der Waals surface area (Å²) in [6.07, 6.45) is 5.78. The predicted molar refractivity (Wildman–Crippen MR) is 105 cm³/mol. The molecule has 10 nitrogen and oxygen atoms in total. The lowest BCUT2D eigenvalue weighted by molar-refractivity contribution is -0.145. The second-order valence-electron chi connectivity index (χ2n) is 7.98. The van der Waals surface area contributed by atoms with E-state index in [4.69, 9.17) is 4.74 Å². The molecule has 1 saturated heterocycles. The lowest BCUT2D eigenvalue weighted by Crippen LogP contribution is -2.41. The summed E-state index contributed by atoms with van der Waals surface area (Å²) < 4.78 is 7.91. The number of hydrogen-bond acceptors (Lipinski definition) is 7. The first kappa shape index (κ1) is 20.3. The van der Waals surface area contributed by atoms with Crippen LogP contribution in [0.1, 0.15) is 53.7 Å². The molecular weight excluding hydrogens is 390 g/mol. The summed E-state index contributed by atoms with van der Waals surface area (Å²) in [6.45, 7) is 0.261. The third kappa shape index (κ3) is 3.62. The van der Waals surface area contributed by atoms with Gasteiger partial charge in [0.1, 0.15) is 6.04 Å². The van der Waals surface area contributed by atoms with Crippen molar-refractivity contribution >= 4 is 11.9 Å². The molecule has 3 heterocycles. The number of likely N-dealkylation sites (tertiary alicyclic amines) is 1. The largest absolute Gasteiger partial charge is 0.467 e. The van der Waals surface area contributed by atoms with Crippen LogP contribution in [0.15, 0.2) is 29.3 Å². The Morgan fingerprint density at radius 2 is 2.03 bits per heavy atom. The van der Waals surface area contributed by atoms with Crippen LogP contribution in [0.25, 0.3) is 0 Å². The van der Waals surface area contributed by atoms with E-state index >= 15 is 0 Å². The van der Waals surface area contributed by atoms with Gasteiger partial charge in [0.25, 0.3) is 5.91 Å². The van der Waals surface area contributed by atoms with Crippen LogP contribution in [-0.4, -0.2) is 67.2 Å². The quantitative estimate of drug-likeness (QED) is 0.710. The highest BCUT2D eigenvalue weighted by atomic mass is 16.5. The molecule has 30 heavy (non-hydrogen) atoms. The van der Waals surface area contributed by atoms with Crippen LogP contribution in [0.3, 0.4) is 0 Å². The molecular formula is C20H25N5O5.